The molecular formula is C20H14ClF3N4O4. The summed E-state index contributed by atoms with van der Waals surface area (Å²) in [7, 11) is 0. The molecule has 0 aliphatic carbocycles. The lowest BCUT2D eigenvalue weighted by molar-refractivity contribution is -0.274. The number of unbranched alkanes of at least 4 members (excludes halogenated alkanes) is 1. The number of benzene rings is 2. The number of hydrogen-bond donors (Lipinski definition) is 0. The van der Waals surface area contributed by atoms with Gasteiger partial charge in [-0.2, -0.15) is 0 Å². The number of aromatic nitrogens is 3. The number of hydrogen-bond acceptors (Lipinski definition) is 6. The molecule has 0 bridgehead atoms. The molecule has 3 aromatic rings. The molecule has 0 unspecified atom stereocenters. The van der Waals surface area contributed by atoms with Crippen LogP contribution in [-0.4, -0.2) is 39.6 Å². The maximum Gasteiger partial charge on any atom is 0.573 e. The van der Waals surface area contributed by atoms with E-state index in [0.29, 0.717) is 23.6 Å². The van der Waals surface area contributed by atoms with Crippen LogP contribution in [-0.2, 0) is 11.3 Å². The van der Waals surface area contributed by atoms with Gasteiger partial charge in [-0.1, -0.05) is 16.8 Å². The molecule has 0 N–H and O–H groups in total. The Morgan fingerprint density at radius 1 is 1.00 bits per heavy atom. The number of ketones is 1. The van der Waals surface area contributed by atoms with Crippen LogP contribution in [0.2, 0.25) is 5.02 Å². The van der Waals surface area contributed by atoms with Crippen molar-refractivity contribution in [2.24, 2.45) is 0 Å². The first-order chi connectivity index (χ1) is 15.1. The second-order valence-electron chi connectivity index (χ2n) is 7.00. The van der Waals surface area contributed by atoms with Gasteiger partial charge >= 0.3 is 6.36 Å². The summed E-state index contributed by atoms with van der Waals surface area (Å²) in [4.78, 5) is 38.2. The number of amides is 1. The average Bonchev–Trinajstić information content (AvgIpc) is 2.95. The highest BCUT2D eigenvalue weighted by molar-refractivity contribution is 6.52. The smallest absolute Gasteiger partial charge is 0.406 e. The van der Waals surface area contributed by atoms with E-state index >= 15 is 0 Å². The van der Waals surface area contributed by atoms with E-state index in [1.165, 1.54) is 17.0 Å². The van der Waals surface area contributed by atoms with E-state index in [9.17, 15) is 27.6 Å². The van der Waals surface area contributed by atoms with Crippen molar-refractivity contribution in [3.63, 3.8) is 0 Å². The Labute approximate surface area is 183 Å². The third-order valence-corrected chi connectivity index (χ3v) is 5.10. The van der Waals surface area contributed by atoms with E-state index in [-0.39, 0.29) is 29.6 Å². The molecule has 0 atom stereocenters. The van der Waals surface area contributed by atoms with E-state index in [0.717, 1.165) is 16.8 Å². The molecule has 32 heavy (non-hydrogen) atoms. The van der Waals surface area contributed by atoms with Crippen molar-refractivity contribution in [3.05, 3.63) is 57.3 Å². The highest BCUT2D eigenvalue weighted by Crippen LogP contribution is 2.31. The number of fused-ring (bicyclic) bond motifs is 2. The topological polar surface area (TPSA) is 94.4 Å². The second kappa shape index (κ2) is 8.23. The molecule has 0 spiro atoms. The van der Waals surface area contributed by atoms with Crippen molar-refractivity contribution >= 4 is 39.9 Å². The van der Waals surface area contributed by atoms with Crippen LogP contribution in [0.3, 0.4) is 0 Å². The third-order valence-electron chi connectivity index (χ3n) is 4.86. The van der Waals surface area contributed by atoms with Gasteiger partial charge in [0.25, 0.3) is 17.2 Å². The van der Waals surface area contributed by atoms with Crippen molar-refractivity contribution in [1.82, 2.24) is 15.0 Å². The van der Waals surface area contributed by atoms with Crippen molar-refractivity contribution in [2.45, 2.75) is 25.7 Å². The van der Waals surface area contributed by atoms with Crippen molar-refractivity contribution in [1.29, 1.82) is 0 Å². The van der Waals surface area contributed by atoms with Crippen LogP contribution in [0.25, 0.3) is 10.9 Å². The molecular weight excluding hydrogens is 453 g/mol. The molecule has 0 saturated heterocycles. The van der Waals surface area contributed by atoms with Gasteiger partial charge in [0, 0.05) is 24.2 Å². The Kier molecular flexibility index (Phi) is 5.59. The zero-order valence-corrected chi connectivity index (χ0v) is 17.0. The van der Waals surface area contributed by atoms with Gasteiger partial charge in [0.2, 0.25) is 0 Å². The quantitative estimate of drug-likeness (QED) is 0.408. The number of alkyl halides is 3. The normalized spacial score (nSPS) is 13.7. The highest BCUT2D eigenvalue weighted by atomic mass is 35.5. The van der Waals surface area contributed by atoms with Crippen LogP contribution in [0.15, 0.2) is 41.2 Å². The van der Waals surface area contributed by atoms with Gasteiger partial charge < -0.3 is 9.64 Å². The zero-order chi connectivity index (χ0) is 23.0. The zero-order valence-electron chi connectivity index (χ0n) is 16.2. The lowest BCUT2D eigenvalue weighted by Gasteiger charge is -2.16. The molecule has 2 aromatic carbocycles. The maximum atomic E-state index is 12.5. The Balaban J connectivity index is 1.41. The molecule has 0 radical (unpaired) electrons. The van der Waals surface area contributed by atoms with Crippen LogP contribution >= 0.6 is 11.6 Å². The minimum Gasteiger partial charge on any atom is -0.406 e. The highest BCUT2D eigenvalue weighted by Gasteiger charge is 2.35. The van der Waals surface area contributed by atoms with Gasteiger partial charge in [-0.15, -0.1) is 18.3 Å². The standard InChI is InChI=1S/C20H14ClF3N4O4/c21-11-3-6-16-14(9-11)17(29)19(31)27(16)7-1-2-8-28-18(30)13-5-4-12(32-20(22,23)24)10-15(13)25-26-28/h3-6,9-10H,1-2,7-8H2. The summed E-state index contributed by atoms with van der Waals surface area (Å²) >= 11 is 5.89. The summed E-state index contributed by atoms with van der Waals surface area (Å²) in [6, 6.07) is 7.86. The fourth-order valence-corrected chi connectivity index (χ4v) is 3.60. The number of aryl methyl sites for hydroxylation is 1. The van der Waals surface area contributed by atoms with Crippen molar-refractivity contribution in [2.75, 3.05) is 11.4 Å². The van der Waals surface area contributed by atoms with E-state index in [1.54, 1.807) is 12.1 Å². The summed E-state index contributed by atoms with van der Waals surface area (Å²) in [5.41, 5.74) is 0.211. The second-order valence-corrected chi connectivity index (χ2v) is 7.44. The summed E-state index contributed by atoms with van der Waals surface area (Å²) in [5.74, 6) is -1.75. The lowest BCUT2D eigenvalue weighted by Crippen LogP contribution is -2.31. The number of halogens is 4. The van der Waals surface area contributed by atoms with Gasteiger partial charge in [0.1, 0.15) is 11.3 Å². The fourth-order valence-electron chi connectivity index (χ4n) is 3.43. The monoisotopic (exact) mass is 466 g/mol. The first-order valence-electron chi connectivity index (χ1n) is 9.43. The van der Waals surface area contributed by atoms with E-state index in [4.69, 9.17) is 11.6 Å². The first kappa shape index (κ1) is 21.8. The molecule has 1 aromatic heterocycles. The SMILES string of the molecule is O=C1C(=O)N(CCCCn2nnc3cc(OC(F)(F)F)ccc3c2=O)c2ccc(Cl)cc21. The minimum atomic E-state index is -4.86. The fraction of sp³-hybridized carbons (Fsp3) is 0.250. The van der Waals surface area contributed by atoms with Gasteiger partial charge in [-0.3, -0.25) is 14.4 Å². The molecule has 12 heteroatoms. The van der Waals surface area contributed by atoms with Gasteiger partial charge in [0.15, 0.2) is 0 Å². The van der Waals surface area contributed by atoms with Crippen LogP contribution < -0.4 is 15.2 Å². The van der Waals surface area contributed by atoms with Gasteiger partial charge in [-0.05, 0) is 43.2 Å². The van der Waals surface area contributed by atoms with Crippen molar-refractivity contribution < 1.29 is 27.5 Å². The minimum absolute atomic E-state index is 0.0237. The predicted molar refractivity (Wildman–Crippen MR) is 108 cm³/mol. The van der Waals surface area contributed by atoms with Crippen LogP contribution in [0, 0.1) is 0 Å². The molecule has 8 nitrogen and oxygen atoms in total. The Bertz CT molecular complexity index is 1290. The summed E-state index contributed by atoms with van der Waals surface area (Å²) < 4.78 is 41.9. The maximum absolute atomic E-state index is 12.5. The van der Waals surface area contributed by atoms with Gasteiger partial charge in [-0.25, -0.2) is 4.68 Å². The van der Waals surface area contributed by atoms with Gasteiger partial charge in [0.05, 0.1) is 16.6 Å². The molecule has 4 rings (SSSR count). The third kappa shape index (κ3) is 4.28. The Morgan fingerprint density at radius 2 is 1.75 bits per heavy atom. The Morgan fingerprint density at radius 3 is 2.50 bits per heavy atom. The largest absolute Gasteiger partial charge is 0.573 e. The summed E-state index contributed by atoms with van der Waals surface area (Å²) in [6.07, 6.45) is -3.95. The number of carbonyl (C=O) groups excluding carboxylic acids is 2. The predicted octanol–water partition coefficient (Wildman–Crippen LogP) is 3.35. The van der Waals surface area contributed by atoms with Crippen LogP contribution in [0.1, 0.15) is 23.2 Å². The molecule has 1 amide bonds. The van der Waals surface area contributed by atoms with E-state index < -0.39 is 29.4 Å². The summed E-state index contributed by atoms with van der Waals surface area (Å²) in [6.45, 7) is 0.430. The molecule has 1 aliphatic rings. The summed E-state index contributed by atoms with van der Waals surface area (Å²) in [5, 5.41) is 8.00. The lowest BCUT2D eigenvalue weighted by atomic mass is 10.1. The molecule has 166 valence electrons. The number of Topliss-reactive ketones (excluding diaryl/α,β-unsaturated/α-hetero) is 1. The van der Waals surface area contributed by atoms with E-state index in [1.807, 2.05) is 0 Å². The number of anilines is 1. The van der Waals surface area contributed by atoms with E-state index in [2.05, 4.69) is 15.0 Å². The van der Waals surface area contributed by atoms with Crippen LogP contribution in [0.4, 0.5) is 18.9 Å². The molecule has 1 aliphatic heterocycles. The number of ether oxygens (including phenoxy) is 1. The van der Waals surface area contributed by atoms with Crippen molar-refractivity contribution in [3.8, 4) is 5.75 Å². The molecule has 0 saturated carbocycles. The number of carbonyl (C=O) groups is 2. The molecule has 0 fully saturated rings. The average molecular weight is 467 g/mol. The Hall–Kier alpha value is -3.47. The number of nitrogens with zero attached hydrogens (tertiary/aromatic N) is 4. The first-order valence-corrected chi connectivity index (χ1v) is 9.81. The molecule has 2 heterocycles. The number of rotatable bonds is 6. The van der Waals surface area contributed by atoms with Crippen LogP contribution in [0.5, 0.6) is 5.75 Å².